The minimum absolute atomic E-state index is 0.341. The Morgan fingerprint density at radius 1 is 1.47 bits per heavy atom. The van der Waals surface area contributed by atoms with E-state index < -0.39 is 11.4 Å². The third-order valence-electron chi connectivity index (χ3n) is 3.41. The van der Waals surface area contributed by atoms with Crippen molar-refractivity contribution in [2.24, 2.45) is 5.41 Å². The summed E-state index contributed by atoms with van der Waals surface area (Å²) in [5.41, 5.74) is -0.0544. The standard InChI is InChI=1S/C12H16N2O3/c15-10(12(11(16)17)4-1-5-12)14-7-3-9-2-6-13-8-9/h2,6,8,13H,1,3-5,7H2,(H,14,15)(H,16,17). The smallest absolute Gasteiger partial charge is 0.319 e. The summed E-state index contributed by atoms with van der Waals surface area (Å²) in [6, 6.07) is 1.93. The highest BCUT2D eigenvalue weighted by Gasteiger charge is 2.50. The first-order chi connectivity index (χ1) is 8.15. The second-order valence-corrected chi connectivity index (χ2v) is 4.47. The van der Waals surface area contributed by atoms with Crippen LogP contribution in [0, 0.1) is 5.41 Å². The molecule has 0 atom stereocenters. The van der Waals surface area contributed by atoms with E-state index in [4.69, 9.17) is 5.11 Å². The van der Waals surface area contributed by atoms with Crippen LogP contribution in [0.1, 0.15) is 24.8 Å². The first-order valence-corrected chi connectivity index (χ1v) is 5.78. The third-order valence-corrected chi connectivity index (χ3v) is 3.41. The summed E-state index contributed by atoms with van der Waals surface area (Å²) < 4.78 is 0. The van der Waals surface area contributed by atoms with E-state index in [-0.39, 0.29) is 5.91 Å². The number of carboxylic acids is 1. The maximum atomic E-state index is 11.8. The Labute approximate surface area is 99.2 Å². The Balaban J connectivity index is 1.83. The lowest BCUT2D eigenvalue weighted by Crippen LogP contribution is -2.51. The number of aromatic nitrogens is 1. The van der Waals surface area contributed by atoms with E-state index in [1.165, 1.54) is 0 Å². The lowest BCUT2D eigenvalue weighted by atomic mass is 9.68. The number of H-pyrrole nitrogens is 1. The number of rotatable bonds is 5. The number of nitrogens with one attached hydrogen (secondary N) is 2. The van der Waals surface area contributed by atoms with Gasteiger partial charge in [-0.15, -0.1) is 0 Å². The quantitative estimate of drug-likeness (QED) is 0.665. The van der Waals surface area contributed by atoms with Gasteiger partial charge in [0.2, 0.25) is 5.91 Å². The van der Waals surface area contributed by atoms with Crippen molar-refractivity contribution in [3.05, 3.63) is 24.0 Å². The van der Waals surface area contributed by atoms with Gasteiger partial charge in [-0.1, -0.05) is 6.42 Å². The molecule has 1 heterocycles. The van der Waals surface area contributed by atoms with Crippen LogP contribution in [0.2, 0.25) is 0 Å². The predicted molar refractivity (Wildman–Crippen MR) is 61.4 cm³/mol. The number of carbonyl (C=O) groups is 2. The van der Waals surface area contributed by atoms with E-state index in [0.29, 0.717) is 25.8 Å². The first kappa shape index (κ1) is 11.7. The van der Waals surface area contributed by atoms with Gasteiger partial charge in [0.25, 0.3) is 0 Å². The highest BCUT2D eigenvalue weighted by molar-refractivity contribution is 6.02. The molecule has 17 heavy (non-hydrogen) atoms. The molecule has 1 fully saturated rings. The van der Waals surface area contributed by atoms with Gasteiger partial charge in [-0.3, -0.25) is 9.59 Å². The molecule has 5 heteroatoms. The van der Waals surface area contributed by atoms with E-state index >= 15 is 0 Å². The fraction of sp³-hybridized carbons (Fsp3) is 0.500. The number of hydrogen-bond acceptors (Lipinski definition) is 2. The van der Waals surface area contributed by atoms with Crippen molar-refractivity contribution in [3.8, 4) is 0 Å². The molecule has 1 aliphatic rings. The minimum atomic E-state index is -1.15. The Bertz CT molecular complexity index is 407. The molecule has 3 N–H and O–H groups in total. The number of aliphatic carboxylic acids is 1. The molecule has 0 radical (unpaired) electrons. The predicted octanol–water partition coefficient (Wildman–Crippen LogP) is 0.928. The zero-order valence-electron chi connectivity index (χ0n) is 9.53. The normalized spacial score (nSPS) is 17.2. The zero-order chi connectivity index (χ0) is 12.3. The van der Waals surface area contributed by atoms with Crippen LogP contribution in [-0.4, -0.2) is 28.5 Å². The van der Waals surface area contributed by atoms with E-state index in [2.05, 4.69) is 10.3 Å². The van der Waals surface area contributed by atoms with Gasteiger partial charge in [-0.05, 0) is 30.9 Å². The van der Waals surface area contributed by atoms with Gasteiger partial charge in [0, 0.05) is 18.9 Å². The molecular weight excluding hydrogens is 220 g/mol. The van der Waals surface area contributed by atoms with Gasteiger partial charge in [0.1, 0.15) is 5.41 Å². The molecule has 0 spiro atoms. The van der Waals surface area contributed by atoms with E-state index in [1.54, 1.807) is 0 Å². The molecule has 1 aromatic heterocycles. The van der Waals surface area contributed by atoms with Crippen LogP contribution in [0.15, 0.2) is 18.5 Å². The molecular formula is C12H16N2O3. The Hall–Kier alpha value is -1.78. The van der Waals surface area contributed by atoms with E-state index in [9.17, 15) is 9.59 Å². The number of carbonyl (C=O) groups excluding carboxylic acids is 1. The van der Waals surface area contributed by atoms with Gasteiger partial charge in [-0.25, -0.2) is 0 Å². The molecule has 1 aliphatic carbocycles. The van der Waals surface area contributed by atoms with Crippen molar-refractivity contribution in [3.63, 3.8) is 0 Å². The summed E-state index contributed by atoms with van der Waals surface area (Å²) >= 11 is 0. The van der Waals surface area contributed by atoms with Crippen molar-refractivity contribution in [1.82, 2.24) is 10.3 Å². The average Bonchev–Trinajstić information content (AvgIpc) is 2.67. The summed E-state index contributed by atoms with van der Waals surface area (Å²) in [5.74, 6) is -1.34. The zero-order valence-corrected chi connectivity index (χ0v) is 9.53. The summed E-state index contributed by atoms with van der Waals surface area (Å²) in [7, 11) is 0. The van der Waals surface area contributed by atoms with E-state index in [1.807, 2.05) is 18.5 Å². The molecule has 1 amide bonds. The molecule has 5 nitrogen and oxygen atoms in total. The van der Waals surface area contributed by atoms with Gasteiger partial charge in [-0.2, -0.15) is 0 Å². The monoisotopic (exact) mass is 236 g/mol. The highest BCUT2D eigenvalue weighted by atomic mass is 16.4. The van der Waals surface area contributed by atoms with Crippen molar-refractivity contribution < 1.29 is 14.7 Å². The molecule has 1 saturated carbocycles. The van der Waals surface area contributed by atoms with Crippen LogP contribution in [-0.2, 0) is 16.0 Å². The van der Waals surface area contributed by atoms with Crippen LogP contribution in [0.5, 0.6) is 0 Å². The highest BCUT2D eigenvalue weighted by Crippen LogP contribution is 2.41. The number of aromatic amines is 1. The minimum Gasteiger partial charge on any atom is -0.480 e. The van der Waals surface area contributed by atoms with Crippen LogP contribution < -0.4 is 5.32 Å². The average molecular weight is 236 g/mol. The fourth-order valence-electron chi connectivity index (χ4n) is 2.07. The number of amides is 1. The van der Waals surface area contributed by atoms with Crippen molar-refractivity contribution >= 4 is 11.9 Å². The summed E-state index contributed by atoms with van der Waals surface area (Å²) in [4.78, 5) is 25.8. The van der Waals surface area contributed by atoms with Crippen molar-refractivity contribution in [1.29, 1.82) is 0 Å². The lowest BCUT2D eigenvalue weighted by molar-refractivity contribution is -0.162. The van der Waals surface area contributed by atoms with Gasteiger partial charge < -0.3 is 15.4 Å². The van der Waals surface area contributed by atoms with Gasteiger partial charge in [0.05, 0.1) is 0 Å². The molecule has 1 aromatic rings. The Kier molecular flexibility index (Phi) is 3.17. The van der Waals surface area contributed by atoms with Gasteiger partial charge >= 0.3 is 5.97 Å². The lowest BCUT2D eigenvalue weighted by Gasteiger charge is -2.35. The number of hydrogen-bond donors (Lipinski definition) is 3. The molecule has 2 rings (SSSR count). The van der Waals surface area contributed by atoms with Gasteiger partial charge in [0.15, 0.2) is 0 Å². The number of carboxylic acid groups (broad SMARTS) is 1. The van der Waals surface area contributed by atoms with Crippen molar-refractivity contribution in [2.75, 3.05) is 6.54 Å². The maximum absolute atomic E-state index is 11.8. The molecule has 0 saturated heterocycles. The second kappa shape index (κ2) is 4.61. The van der Waals surface area contributed by atoms with Crippen LogP contribution >= 0.6 is 0 Å². The molecule has 92 valence electrons. The fourth-order valence-corrected chi connectivity index (χ4v) is 2.07. The SMILES string of the molecule is O=C(O)C1(C(=O)NCCc2cc[nH]c2)CCC1. The third kappa shape index (κ3) is 2.18. The first-order valence-electron chi connectivity index (χ1n) is 5.78. The summed E-state index contributed by atoms with van der Waals surface area (Å²) in [6.45, 7) is 0.478. The molecule has 0 unspecified atom stereocenters. The topological polar surface area (TPSA) is 82.2 Å². The second-order valence-electron chi connectivity index (χ2n) is 4.47. The largest absolute Gasteiger partial charge is 0.480 e. The summed E-state index contributed by atoms with van der Waals surface area (Å²) in [6.07, 6.45) is 6.13. The Morgan fingerprint density at radius 3 is 2.71 bits per heavy atom. The van der Waals surface area contributed by atoms with E-state index in [0.717, 1.165) is 12.0 Å². The maximum Gasteiger partial charge on any atom is 0.319 e. The summed E-state index contributed by atoms with van der Waals surface area (Å²) in [5, 5.41) is 11.8. The molecule has 0 bridgehead atoms. The molecule has 0 aliphatic heterocycles. The van der Waals surface area contributed by atoms with Crippen LogP contribution in [0.3, 0.4) is 0 Å². The molecule has 0 aromatic carbocycles. The Morgan fingerprint density at radius 2 is 2.24 bits per heavy atom. The van der Waals surface area contributed by atoms with Crippen LogP contribution in [0.4, 0.5) is 0 Å². The van der Waals surface area contributed by atoms with Crippen molar-refractivity contribution in [2.45, 2.75) is 25.7 Å². The van der Waals surface area contributed by atoms with Crippen LogP contribution in [0.25, 0.3) is 0 Å².